The van der Waals surface area contributed by atoms with Gasteiger partial charge in [-0.05, 0) is 150 Å². The van der Waals surface area contributed by atoms with Crippen LogP contribution in [0.1, 0.15) is 223 Å². The Balaban J connectivity index is 1.80. The van der Waals surface area contributed by atoms with Crippen molar-refractivity contribution in [2.45, 2.75) is 242 Å². The van der Waals surface area contributed by atoms with Gasteiger partial charge in [-0.25, -0.2) is 0 Å². The van der Waals surface area contributed by atoms with Crippen molar-refractivity contribution in [3.05, 3.63) is 160 Å². The molecule has 0 radical (unpaired) electrons. The number of rotatable bonds is 12. The molecule has 0 aromatic heterocycles. The van der Waals surface area contributed by atoms with E-state index in [-0.39, 0.29) is 37.9 Å². The fourth-order valence-corrected chi connectivity index (χ4v) is 12.0. The van der Waals surface area contributed by atoms with E-state index in [0.29, 0.717) is 0 Å². The third kappa shape index (κ3) is 13.4. The van der Waals surface area contributed by atoms with E-state index in [0.717, 1.165) is 6.42 Å². The van der Waals surface area contributed by atoms with Crippen LogP contribution in [-0.2, 0) is 44.3 Å². The van der Waals surface area contributed by atoms with Crippen LogP contribution >= 0.6 is 0 Å². The Morgan fingerprint density at radius 2 is 0.628 bits per heavy atom. The molecule has 0 fully saturated rings. The smallest absolute Gasteiger partial charge is 0.0777 e. The van der Waals surface area contributed by atoms with Crippen LogP contribution in [-0.4, -0.2) is 8.07 Å². The second-order valence-electron chi connectivity index (χ2n) is 31.7. The second-order valence-corrected chi connectivity index (χ2v) is 36.8. The molecule has 0 unspecified atom stereocenters. The maximum atomic E-state index is 2.71. The monoisotopic (exact) mass is 1060 g/mol. The minimum atomic E-state index is -1.84. The van der Waals surface area contributed by atoms with Gasteiger partial charge in [-0.3, -0.25) is 0 Å². The summed E-state index contributed by atoms with van der Waals surface area (Å²) in [6, 6.07) is 47.3. The molecule has 7 rings (SSSR count). The minimum Gasteiger partial charge on any atom is -0.309 e. The van der Waals surface area contributed by atoms with Gasteiger partial charge in [0.15, 0.2) is 0 Å². The summed E-state index contributed by atoms with van der Waals surface area (Å²) in [6.45, 7) is 59.8. The van der Waals surface area contributed by atoms with Crippen LogP contribution in [0, 0.1) is 0 Å². The average Bonchev–Trinajstić information content (AvgIpc) is 3.53. The lowest BCUT2D eigenvalue weighted by Gasteiger charge is -2.37. The van der Waals surface area contributed by atoms with Gasteiger partial charge in [0.25, 0.3) is 0 Å². The van der Waals surface area contributed by atoms with Crippen molar-refractivity contribution >= 4 is 68.9 Å². The van der Waals surface area contributed by atoms with E-state index in [4.69, 9.17) is 0 Å². The summed E-state index contributed by atoms with van der Waals surface area (Å²) in [5, 5.41) is 6.49. The average molecular weight is 1060 g/mol. The number of anilines is 6. The molecule has 0 heterocycles. The molecule has 0 saturated carbocycles. The van der Waals surface area contributed by atoms with Crippen molar-refractivity contribution in [1.82, 2.24) is 0 Å². The van der Waals surface area contributed by atoms with Gasteiger partial charge in [0, 0.05) is 44.3 Å². The highest BCUT2D eigenvalue weighted by Crippen LogP contribution is 2.54. The number of hydrogen-bond acceptors (Lipinski definition) is 2. The number of hydrogen-bond donors (Lipinski definition) is 0. The third-order valence-electron chi connectivity index (χ3n) is 16.4. The fraction of sp³-hybridized carbons (Fsp3) is 0.493. The molecular weight excluding hydrogens is 957 g/mol. The number of unbranched alkanes of at least 4 members (excludes halogenated alkanes) is 3. The van der Waals surface area contributed by atoms with Crippen molar-refractivity contribution in [1.29, 1.82) is 0 Å². The molecule has 0 amide bonds. The maximum Gasteiger partial charge on any atom is 0.0777 e. The van der Waals surface area contributed by atoms with Crippen LogP contribution < -0.4 is 15.0 Å². The topological polar surface area (TPSA) is 6.48 Å². The van der Waals surface area contributed by atoms with Gasteiger partial charge in [-0.1, -0.05) is 257 Å². The first-order chi connectivity index (χ1) is 35.7. The van der Waals surface area contributed by atoms with E-state index in [1.807, 2.05) is 0 Å². The lowest BCUT2D eigenvalue weighted by Crippen LogP contribution is -2.39. The SMILES string of the molecule is CCCCCCc1ccc2c(N(c3cc(C(C)(C)C)cc(C(C)(C)C)c3)c3cc(C(C)(C)C)cc([Si](C)(C)C)c3)c3ccccc3c(N(c3cc(C(C)(C)C)cc(C(C)(C)C)c3)c3cc(C(C)(C)C)cc(C(C)(C)C)c3)c2c1. The largest absolute Gasteiger partial charge is 0.309 e. The molecule has 7 aromatic carbocycles. The maximum absolute atomic E-state index is 2.71. The first-order valence-corrected chi connectivity index (χ1v) is 33.4. The number of fused-ring (bicyclic) bond motifs is 2. The lowest BCUT2D eigenvalue weighted by atomic mass is 9.79. The quantitative estimate of drug-likeness (QED) is 0.0521. The Labute approximate surface area is 477 Å². The molecule has 418 valence electrons. The standard InChI is InChI=1S/C75H104N2Si/c1-26-27-28-29-32-50-35-36-65-66(37-50)68(76(58-41-51(69(2,3)4)38-52(42-58)70(5,6)7)59-43-53(71(8,9)10)39-54(44-59)72(11,12)13)64-34-31-30-33-63(64)67(65)77(60-45-55(73(14,15)16)40-56(46-60)74(17,18)19)61-47-57(75(20,21)22)48-62(49-61)78(23,24)25/h30-31,33-49H,26-29,32H2,1-25H3. The van der Waals surface area contributed by atoms with Gasteiger partial charge < -0.3 is 9.80 Å². The number of benzene rings is 7. The predicted molar refractivity (Wildman–Crippen MR) is 353 cm³/mol. The molecule has 0 atom stereocenters. The van der Waals surface area contributed by atoms with Crippen LogP contribution in [0.25, 0.3) is 21.5 Å². The number of nitrogens with zero attached hydrogens (tertiary/aromatic N) is 2. The highest BCUT2D eigenvalue weighted by atomic mass is 28.3. The summed E-state index contributed by atoms with van der Waals surface area (Å²) in [6.07, 6.45) is 5.93. The normalized spacial score (nSPS) is 13.4. The van der Waals surface area contributed by atoms with E-state index in [1.165, 1.54) is 131 Å². The lowest BCUT2D eigenvalue weighted by molar-refractivity contribution is 0.567. The molecule has 0 aliphatic rings. The molecule has 0 saturated heterocycles. The first kappa shape index (κ1) is 60.5. The molecule has 0 aliphatic carbocycles. The zero-order valence-electron chi connectivity index (χ0n) is 53.9. The molecule has 0 aliphatic heterocycles. The zero-order chi connectivity index (χ0) is 58.1. The van der Waals surface area contributed by atoms with E-state index >= 15 is 0 Å². The van der Waals surface area contributed by atoms with Gasteiger partial charge in [0.05, 0.1) is 19.4 Å². The fourth-order valence-electron chi connectivity index (χ4n) is 10.8. The summed E-state index contributed by atoms with van der Waals surface area (Å²) in [4.78, 5) is 5.41. The van der Waals surface area contributed by atoms with Crippen LogP contribution in [0.2, 0.25) is 19.6 Å². The van der Waals surface area contributed by atoms with Gasteiger partial charge in [0.2, 0.25) is 0 Å². The molecular formula is C75H104N2Si. The summed E-state index contributed by atoms with van der Waals surface area (Å²) < 4.78 is 0. The van der Waals surface area contributed by atoms with Crippen molar-refractivity contribution in [2.75, 3.05) is 9.80 Å². The van der Waals surface area contributed by atoms with Gasteiger partial charge >= 0.3 is 0 Å². The Hall–Kier alpha value is -5.12. The molecule has 78 heavy (non-hydrogen) atoms. The van der Waals surface area contributed by atoms with E-state index in [1.54, 1.807) is 0 Å². The van der Waals surface area contributed by atoms with Crippen LogP contribution in [0.3, 0.4) is 0 Å². The zero-order valence-corrected chi connectivity index (χ0v) is 54.9. The summed E-state index contributed by atoms with van der Waals surface area (Å²) in [5.41, 5.74) is 17.6. The van der Waals surface area contributed by atoms with Gasteiger partial charge in [-0.2, -0.15) is 0 Å². The Morgan fingerprint density at radius 1 is 0.321 bits per heavy atom. The summed E-state index contributed by atoms with van der Waals surface area (Å²) >= 11 is 0. The van der Waals surface area contributed by atoms with Gasteiger partial charge in [0.1, 0.15) is 0 Å². The molecule has 0 bridgehead atoms. The highest BCUT2D eigenvalue weighted by Gasteiger charge is 2.33. The van der Waals surface area contributed by atoms with E-state index in [9.17, 15) is 0 Å². The van der Waals surface area contributed by atoms with Crippen LogP contribution in [0.4, 0.5) is 34.1 Å². The highest BCUT2D eigenvalue weighted by molar-refractivity contribution is 6.88. The van der Waals surface area contributed by atoms with E-state index < -0.39 is 8.07 Å². The molecule has 3 heteroatoms. The van der Waals surface area contributed by atoms with Crippen LogP contribution in [0.15, 0.2) is 115 Å². The number of aryl methyl sites for hydroxylation is 1. The predicted octanol–water partition coefficient (Wildman–Crippen LogP) is 22.7. The first-order valence-electron chi connectivity index (χ1n) is 29.9. The van der Waals surface area contributed by atoms with Crippen LogP contribution in [0.5, 0.6) is 0 Å². The summed E-state index contributed by atoms with van der Waals surface area (Å²) in [5.74, 6) is 0. The molecule has 2 nitrogen and oxygen atoms in total. The van der Waals surface area contributed by atoms with E-state index in [2.05, 4.69) is 297 Å². The van der Waals surface area contributed by atoms with Gasteiger partial charge in [-0.15, -0.1) is 0 Å². The minimum absolute atomic E-state index is 0.0674. The van der Waals surface area contributed by atoms with Crippen molar-refractivity contribution in [2.24, 2.45) is 0 Å². The Bertz CT molecular complexity index is 3010. The van der Waals surface area contributed by atoms with Crippen molar-refractivity contribution in [3.63, 3.8) is 0 Å². The second kappa shape index (κ2) is 21.4. The third-order valence-corrected chi connectivity index (χ3v) is 18.5. The molecule has 0 N–H and O–H groups in total. The molecule has 0 spiro atoms. The Morgan fingerprint density at radius 3 is 0.949 bits per heavy atom. The Kier molecular flexibility index (Phi) is 16.6. The summed E-state index contributed by atoms with van der Waals surface area (Å²) in [7, 11) is -1.84. The van der Waals surface area contributed by atoms with Crippen molar-refractivity contribution < 1.29 is 0 Å². The van der Waals surface area contributed by atoms with Crippen molar-refractivity contribution in [3.8, 4) is 0 Å². The molecule has 7 aromatic rings.